The number of aryl methyl sites for hydroxylation is 1. The van der Waals surface area contributed by atoms with Crippen molar-refractivity contribution in [1.29, 1.82) is 0 Å². The monoisotopic (exact) mass is 381 g/mol. The third-order valence-electron chi connectivity index (χ3n) is 3.77. The van der Waals surface area contributed by atoms with Gasteiger partial charge in [0.1, 0.15) is 5.75 Å². The predicted octanol–water partition coefficient (Wildman–Crippen LogP) is 3.88. The molecule has 5 nitrogen and oxygen atoms in total. The molecule has 1 unspecified atom stereocenters. The Morgan fingerprint density at radius 1 is 1.11 bits per heavy atom. The van der Waals surface area contributed by atoms with Crippen LogP contribution in [-0.2, 0) is 4.79 Å². The molecule has 0 saturated heterocycles. The van der Waals surface area contributed by atoms with Gasteiger partial charge in [-0.3, -0.25) is 9.59 Å². The summed E-state index contributed by atoms with van der Waals surface area (Å²) >= 11 is 0. The van der Waals surface area contributed by atoms with Crippen LogP contribution in [0.25, 0.3) is 0 Å². The molecular formula is C19H18F3NO4. The van der Waals surface area contributed by atoms with Crippen LogP contribution in [0.4, 0.5) is 13.2 Å². The first kappa shape index (κ1) is 20.3. The molecule has 8 heteroatoms. The Balaban J connectivity index is 2.11. The quantitative estimate of drug-likeness (QED) is 0.763. The molecule has 2 rings (SSSR count). The largest absolute Gasteiger partial charge is 0.484 e. The second-order valence-electron chi connectivity index (χ2n) is 5.91. The second kappa shape index (κ2) is 8.57. The molecule has 0 aromatic heterocycles. The lowest BCUT2D eigenvalue weighted by atomic mass is 9.98. The van der Waals surface area contributed by atoms with Gasteiger partial charge >= 0.3 is 12.1 Å². The molecule has 1 amide bonds. The van der Waals surface area contributed by atoms with Gasteiger partial charge in [-0.25, -0.2) is 0 Å². The van der Waals surface area contributed by atoms with Gasteiger partial charge in [0, 0.05) is 5.56 Å². The standard InChI is InChI=1S/C19H18F3NO4/c1-12-4-2-3-5-15(12)16(10-17(24)25)23-18(26)13-6-8-14(9-7-13)27-11-19(20,21)22/h2-9,16H,10-11H2,1H3,(H,23,26)(H,24,25). The molecule has 0 aliphatic carbocycles. The first-order valence-electron chi connectivity index (χ1n) is 8.03. The number of hydrogen-bond acceptors (Lipinski definition) is 3. The van der Waals surface area contributed by atoms with Gasteiger partial charge in [-0.05, 0) is 42.3 Å². The fraction of sp³-hybridized carbons (Fsp3) is 0.263. The third-order valence-corrected chi connectivity index (χ3v) is 3.77. The zero-order valence-corrected chi connectivity index (χ0v) is 14.4. The zero-order valence-electron chi connectivity index (χ0n) is 14.4. The number of nitrogens with one attached hydrogen (secondary N) is 1. The number of hydrogen-bond donors (Lipinski definition) is 2. The molecule has 0 saturated carbocycles. The highest BCUT2D eigenvalue weighted by atomic mass is 19.4. The summed E-state index contributed by atoms with van der Waals surface area (Å²) in [4.78, 5) is 23.6. The van der Waals surface area contributed by atoms with Crippen LogP contribution in [0.5, 0.6) is 5.75 Å². The van der Waals surface area contributed by atoms with E-state index in [4.69, 9.17) is 5.11 Å². The summed E-state index contributed by atoms with van der Waals surface area (Å²) < 4.78 is 41.0. The molecule has 144 valence electrons. The summed E-state index contributed by atoms with van der Waals surface area (Å²) in [6.45, 7) is 0.385. The minimum atomic E-state index is -4.45. The summed E-state index contributed by atoms with van der Waals surface area (Å²) in [7, 11) is 0. The average molecular weight is 381 g/mol. The lowest BCUT2D eigenvalue weighted by molar-refractivity contribution is -0.153. The maximum atomic E-state index is 12.4. The topological polar surface area (TPSA) is 75.6 Å². The zero-order chi connectivity index (χ0) is 20.0. The van der Waals surface area contributed by atoms with Crippen molar-refractivity contribution in [3.05, 3.63) is 65.2 Å². The first-order valence-corrected chi connectivity index (χ1v) is 8.03. The van der Waals surface area contributed by atoms with Gasteiger partial charge in [-0.15, -0.1) is 0 Å². The van der Waals surface area contributed by atoms with Crippen molar-refractivity contribution < 1.29 is 32.6 Å². The van der Waals surface area contributed by atoms with Crippen LogP contribution in [0.15, 0.2) is 48.5 Å². The summed E-state index contributed by atoms with van der Waals surface area (Å²) in [5.74, 6) is -1.63. The van der Waals surface area contributed by atoms with E-state index in [9.17, 15) is 22.8 Å². The van der Waals surface area contributed by atoms with E-state index in [0.717, 1.165) is 5.56 Å². The van der Waals surface area contributed by atoms with Gasteiger partial charge in [0.25, 0.3) is 5.91 Å². The van der Waals surface area contributed by atoms with E-state index >= 15 is 0 Å². The number of ether oxygens (including phenoxy) is 1. The Morgan fingerprint density at radius 2 is 1.74 bits per heavy atom. The van der Waals surface area contributed by atoms with E-state index < -0.39 is 30.7 Å². The molecule has 2 aromatic carbocycles. The molecule has 0 fully saturated rings. The maximum Gasteiger partial charge on any atom is 0.422 e. The highest BCUT2D eigenvalue weighted by Gasteiger charge is 2.28. The van der Waals surface area contributed by atoms with Crippen LogP contribution in [0.2, 0.25) is 0 Å². The second-order valence-corrected chi connectivity index (χ2v) is 5.91. The maximum absolute atomic E-state index is 12.4. The molecular weight excluding hydrogens is 363 g/mol. The van der Waals surface area contributed by atoms with Gasteiger partial charge in [0.05, 0.1) is 12.5 Å². The summed E-state index contributed by atoms with van der Waals surface area (Å²) in [5.41, 5.74) is 1.69. The minimum Gasteiger partial charge on any atom is -0.484 e. The SMILES string of the molecule is Cc1ccccc1C(CC(=O)O)NC(=O)c1ccc(OCC(F)(F)F)cc1. The number of rotatable bonds is 7. The minimum absolute atomic E-state index is 0.0233. The van der Waals surface area contributed by atoms with Crippen molar-refractivity contribution in [3.8, 4) is 5.75 Å². The molecule has 0 bridgehead atoms. The van der Waals surface area contributed by atoms with E-state index in [2.05, 4.69) is 10.1 Å². The number of carbonyl (C=O) groups excluding carboxylic acids is 1. The number of aliphatic carboxylic acids is 1. The van der Waals surface area contributed by atoms with Gasteiger partial charge < -0.3 is 15.2 Å². The number of benzene rings is 2. The van der Waals surface area contributed by atoms with Crippen molar-refractivity contribution in [2.45, 2.75) is 25.6 Å². The lowest BCUT2D eigenvalue weighted by Gasteiger charge is -2.19. The van der Waals surface area contributed by atoms with Gasteiger partial charge in [-0.2, -0.15) is 13.2 Å². The van der Waals surface area contributed by atoms with Crippen molar-refractivity contribution in [2.75, 3.05) is 6.61 Å². The van der Waals surface area contributed by atoms with Crippen molar-refractivity contribution in [1.82, 2.24) is 5.32 Å². The van der Waals surface area contributed by atoms with Crippen LogP contribution in [0.3, 0.4) is 0 Å². The van der Waals surface area contributed by atoms with E-state index in [-0.39, 0.29) is 17.7 Å². The molecule has 0 aliphatic rings. The predicted molar refractivity (Wildman–Crippen MR) is 91.6 cm³/mol. The Morgan fingerprint density at radius 3 is 2.30 bits per heavy atom. The number of carbonyl (C=O) groups is 2. The number of halogens is 3. The molecule has 0 aliphatic heterocycles. The Bertz CT molecular complexity index is 803. The molecule has 1 atom stereocenters. The van der Waals surface area contributed by atoms with Gasteiger partial charge in [0.2, 0.25) is 0 Å². The highest BCUT2D eigenvalue weighted by Crippen LogP contribution is 2.22. The lowest BCUT2D eigenvalue weighted by Crippen LogP contribution is -2.30. The Hall–Kier alpha value is -3.03. The number of carboxylic acid groups (broad SMARTS) is 1. The van der Waals surface area contributed by atoms with Crippen LogP contribution in [0, 0.1) is 6.92 Å². The van der Waals surface area contributed by atoms with Crippen LogP contribution in [0.1, 0.15) is 33.9 Å². The first-order chi connectivity index (χ1) is 12.7. The Kier molecular flexibility index (Phi) is 6.44. The van der Waals surface area contributed by atoms with E-state index in [0.29, 0.717) is 5.56 Å². The summed E-state index contributed by atoms with van der Waals surface area (Å²) in [6.07, 6.45) is -4.75. The number of amides is 1. The molecule has 0 spiro atoms. The van der Waals surface area contributed by atoms with Crippen molar-refractivity contribution >= 4 is 11.9 Å². The van der Waals surface area contributed by atoms with E-state index in [1.807, 2.05) is 13.0 Å². The number of alkyl halides is 3. The van der Waals surface area contributed by atoms with Crippen LogP contribution in [-0.4, -0.2) is 29.8 Å². The van der Waals surface area contributed by atoms with E-state index in [1.165, 1.54) is 24.3 Å². The van der Waals surface area contributed by atoms with Gasteiger partial charge in [0.15, 0.2) is 6.61 Å². The molecule has 0 heterocycles. The fourth-order valence-electron chi connectivity index (χ4n) is 2.50. The average Bonchev–Trinajstić information content (AvgIpc) is 2.59. The molecule has 2 N–H and O–H groups in total. The fourth-order valence-corrected chi connectivity index (χ4v) is 2.50. The summed E-state index contributed by atoms with van der Waals surface area (Å²) in [6, 6.07) is 11.5. The van der Waals surface area contributed by atoms with Crippen LogP contribution < -0.4 is 10.1 Å². The van der Waals surface area contributed by atoms with Crippen molar-refractivity contribution in [3.63, 3.8) is 0 Å². The number of carboxylic acids is 1. The smallest absolute Gasteiger partial charge is 0.422 e. The van der Waals surface area contributed by atoms with Crippen LogP contribution >= 0.6 is 0 Å². The third kappa shape index (κ3) is 6.32. The molecule has 0 radical (unpaired) electrons. The molecule has 2 aromatic rings. The molecule has 27 heavy (non-hydrogen) atoms. The van der Waals surface area contributed by atoms with Gasteiger partial charge in [-0.1, -0.05) is 24.3 Å². The highest BCUT2D eigenvalue weighted by molar-refractivity contribution is 5.94. The van der Waals surface area contributed by atoms with Crippen molar-refractivity contribution in [2.24, 2.45) is 0 Å². The Labute approximate surface area is 153 Å². The van der Waals surface area contributed by atoms with E-state index in [1.54, 1.807) is 18.2 Å². The normalized spacial score (nSPS) is 12.3. The summed E-state index contributed by atoms with van der Waals surface area (Å²) in [5, 5.41) is 11.8.